The standard InChI is InChI=1S/C42H78O4/c1-3-5-7-9-11-13-15-17-19-21-22-23-25-27-29-31-33-35-37-42(44)46-41(39-43)40-45-38-36-34-32-30-28-26-24-20-18-16-14-12-10-8-6-4-2/h6,8,12,14,18,20,41,43H,3-5,7,9-11,13,15-17,19,21-40H2,1-2H3/b8-6-,14-12-,20-18-. The number of carbonyl (C=O) groups excluding carboxylic acids is 1. The number of aliphatic hydroxyl groups excluding tert-OH is 1. The number of rotatable bonds is 37. The van der Waals surface area contributed by atoms with Crippen molar-refractivity contribution in [3.63, 3.8) is 0 Å². The largest absolute Gasteiger partial charge is 0.457 e. The molecule has 0 aliphatic rings. The second kappa shape index (κ2) is 39.8. The van der Waals surface area contributed by atoms with Crippen LogP contribution in [0, 0.1) is 0 Å². The van der Waals surface area contributed by atoms with E-state index in [1.807, 2.05) is 0 Å². The Balaban J connectivity index is 3.43. The van der Waals surface area contributed by atoms with E-state index >= 15 is 0 Å². The van der Waals surface area contributed by atoms with Crippen molar-refractivity contribution in [3.05, 3.63) is 36.5 Å². The fourth-order valence-electron chi connectivity index (χ4n) is 5.75. The Labute approximate surface area is 287 Å². The summed E-state index contributed by atoms with van der Waals surface area (Å²) in [6.45, 7) is 5.23. The van der Waals surface area contributed by atoms with Crippen molar-refractivity contribution in [2.24, 2.45) is 0 Å². The zero-order valence-corrected chi connectivity index (χ0v) is 30.8. The Hall–Kier alpha value is -1.39. The quantitative estimate of drug-likeness (QED) is 0.0414. The van der Waals surface area contributed by atoms with Gasteiger partial charge >= 0.3 is 5.97 Å². The third-order valence-electron chi connectivity index (χ3n) is 8.73. The minimum atomic E-state index is -0.538. The van der Waals surface area contributed by atoms with Crippen LogP contribution in [0.1, 0.15) is 200 Å². The van der Waals surface area contributed by atoms with Gasteiger partial charge in [0, 0.05) is 13.0 Å². The number of ether oxygens (including phenoxy) is 2. The van der Waals surface area contributed by atoms with E-state index in [1.54, 1.807) is 0 Å². The van der Waals surface area contributed by atoms with Gasteiger partial charge in [0.2, 0.25) is 0 Å². The molecule has 0 saturated carbocycles. The normalized spacial score (nSPS) is 12.7. The van der Waals surface area contributed by atoms with Crippen molar-refractivity contribution in [1.29, 1.82) is 0 Å². The molecule has 0 aliphatic carbocycles. The summed E-state index contributed by atoms with van der Waals surface area (Å²) in [6.07, 6.45) is 49.1. The van der Waals surface area contributed by atoms with Crippen LogP contribution in [0.5, 0.6) is 0 Å². The van der Waals surface area contributed by atoms with Crippen molar-refractivity contribution in [2.45, 2.75) is 206 Å². The Morgan fingerprint density at radius 2 is 0.978 bits per heavy atom. The second-order valence-electron chi connectivity index (χ2n) is 13.3. The van der Waals surface area contributed by atoms with Crippen LogP contribution >= 0.6 is 0 Å². The van der Waals surface area contributed by atoms with Crippen LogP contribution in [0.3, 0.4) is 0 Å². The zero-order valence-electron chi connectivity index (χ0n) is 30.8. The lowest BCUT2D eigenvalue weighted by atomic mass is 10.0. The van der Waals surface area contributed by atoms with Crippen LogP contribution in [0.15, 0.2) is 36.5 Å². The van der Waals surface area contributed by atoms with Gasteiger partial charge in [0.25, 0.3) is 0 Å². The molecule has 0 amide bonds. The van der Waals surface area contributed by atoms with Gasteiger partial charge in [-0.2, -0.15) is 0 Å². The van der Waals surface area contributed by atoms with Crippen molar-refractivity contribution in [2.75, 3.05) is 19.8 Å². The molecule has 0 heterocycles. The van der Waals surface area contributed by atoms with Gasteiger partial charge in [-0.05, 0) is 44.9 Å². The summed E-state index contributed by atoms with van der Waals surface area (Å²) < 4.78 is 11.1. The van der Waals surface area contributed by atoms with E-state index in [4.69, 9.17) is 9.47 Å². The molecule has 0 aromatic rings. The molecular formula is C42H78O4. The first-order valence-electron chi connectivity index (χ1n) is 20.1. The maximum Gasteiger partial charge on any atom is 0.306 e. The van der Waals surface area contributed by atoms with Gasteiger partial charge < -0.3 is 14.6 Å². The molecule has 0 aromatic carbocycles. The van der Waals surface area contributed by atoms with Gasteiger partial charge in [-0.1, -0.05) is 185 Å². The Morgan fingerprint density at radius 1 is 0.543 bits per heavy atom. The number of hydrogen-bond acceptors (Lipinski definition) is 4. The molecule has 0 rings (SSSR count). The SMILES string of the molecule is CC/C=C\C/C=C\C/C=C\CCCCCCCCOCC(CO)OC(=O)CCCCCCCCCCCCCCCCCCCC. The number of esters is 1. The summed E-state index contributed by atoms with van der Waals surface area (Å²) in [4.78, 5) is 12.2. The van der Waals surface area contributed by atoms with Crippen molar-refractivity contribution in [1.82, 2.24) is 0 Å². The van der Waals surface area contributed by atoms with Crippen LogP contribution in [-0.4, -0.2) is 37.0 Å². The molecule has 46 heavy (non-hydrogen) atoms. The first-order valence-corrected chi connectivity index (χ1v) is 20.1. The third-order valence-corrected chi connectivity index (χ3v) is 8.73. The average molecular weight is 647 g/mol. The highest BCUT2D eigenvalue weighted by Gasteiger charge is 2.13. The predicted octanol–water partition coefficient (Wildman–Crippen LogP) is 12.9. The molecule has 270 valence electrons. The van der Waals surface area contributed by atoms with E-state index in [2.05, 4.69) is 50.3 Å². The van der Waals surface area contributed by atoms with E-state index in [0.29, 0.717) is 19.6 Å². The summed E-state index contributed by atoms with van der Waals surface area (Å²) in [6, 6.07) is 0. The molecule has 0 spiro atoms. The number of hydrogen-bond donors (Lipinski definition) is 1. The number of carbonyl (C=O) groups is 1. The third kappa shape index (κ3) is 37.1. The molecular weight excluding hydrogens is 568 g/mol. The van der Waals surface area contributed by atoms with E-state index in [1.165, 1.54) is 135 Å². The molecule has 0 saturated heterocycles. The van der Waals surface area contributed by atoms with E-state index < -0.39 is 6.10 Å². The second-order valence-corrected chi connectivity index (χ2v) is 13.3. The topological polar surface area (TPSA) is 55.8 Å². The molecule has 0 radical (unpaired) electrons. The van der Waals surface area contributed by atoms with Crippen LogP contribution in [0.25, 0.3) is 0 Å². The van der Waals surface area contributed by atoms with E-state index in [9.17, 15) is 9.90 Å². The van der Waals surface area contributed by atoms with Gasteiger partial charge in [0.05, 0.1) is 13.2 Å². The molecule has 1 N–H and O–H groups in total. The molecule has 0 aromatic heterocycles. The van der Waals surface area contributed by atoms with Crippen molar-refractivity contribution < 1.29 is 19.4 Å². The molecule has 0 bridgehead atoms. The minimum Gasteiger partial charge on any atom is -0.457 e. The molecule has 1 atom stereocenters. The fraction of sp³-hybridized carbons (Fsp3) is 0.833. The van der Waals surface area contributed by atoms with Gasteiger partial charge in [0.15, 0.2) is 0 Å². The Bertz CT molecular complexity index is 683. The first-order chi connectivity index (χ1) is 22.7. The summed E-state index contributed by atoms with van der Waals surface area (Å²) in [5.74, 6) is -0.203. The van der Waals surface area contributed by atoms with Crippen LogP contribution in [-0.2, 0) is 14.3 Å². The van der Waals surface area contributed by atoms with E-state index in [-0.39, 0.29) is 12.6 Å². The molecule has 4 nitrogen and oxygen atoms in total. The minimum absolute atomic E-state index is 0.175. The van der Waals surface area contributed by atoms with Crippen LogP contribution in [0.2, 0.25) is 0 Å². The number of allylic oxidation sites excluding steroid dienone is 6. The maximum atomic E-state index is 12.2. The lowest BCUT2D eigenvalue weighted by Crippen LogP contribution is -2.27. The Kier molecular flexibility index (Phi) is 38.6. The molecule has 4 heteroatoms. The van der Waals surface area contributed by atoms with Gasteiger partial charge in [-0.15, -0.1) is 0 Å². The molecule has 1 unspecified atom stereocenters. The maximum absolute atomic E-state index is 12.2. The van der Waals surface area contributed by atoms with Crippen molar-refractivity contribution in [3.8, 4) is 0 Å². The summed E-state index contributed by atoms with van der Waals surface area (Å²) in [5, 5.41) is 9.58. The fourth-order valence-corrected chi connectivity index (χ4v) is 5.75. The molecule has 0 fully saturated rings. The Morgan fingerprint density at radius 3 is 1.48 bits per heavy atom. The highest BCUT2D eigenvalue weighted by atomic mass is 16.6. The predicted molar refractivity (Wildman–Crippen MR) is 200 cm³/mol. The van der Waals surface area contributed by atoms with Gasteiger partial charge in [-0.25, -0.2) is 0 Å². The average Bonchev–Trinajstić information content (AvgIpc) is 3.06. The summed E-state index contributed by atoms with van der Waals surface area (Å²) >= 11 is 0. The molecule has 0 aliphatic heterocycles. The zero-order chi connectivity index (χ0) is 33.4. The lowest BCUT2D eigenvalue weighted by molar-refractivity contribution is -0.154. The number of aliphatic hydroxyl groups is 1. The highest BCUT2D eigenvalue weighted by Crippen LogP contribution is 2.15. The lowest BCUT2D eigenvalue weighted by Gasteiger charge is -2.15. The van der Waals surface area contributed by atoms with Crippen LogP contribution < -0.4 is 0 Å². The smallest absolute Gasteiger partial charge is 0.306 e. The highest BCUT2D eigenvalue weighted by molar-refractivity contribution is 5.69. The summed E-state index contributed by atoms with van der Waals surface area (Å²) in [5.41, 5.74) is 0. The first kappa shape index (κ1) is 44.6. The number of unbranched alkanes of at least 4 members (excludes halogenated alkanes) is 23. The monoisotopic (exact) mass is 647 g/mol. The van der Waals surface area contributed by atoms with Crippen LogP contribution in [0.4, 0.5) is 0 Å². The van der Waals surface area contributed by atoms with E-state index in [0.717, 1.165) is 44.9 Å². The summed E-state index contributed by atoms with van der Waals surface area (Å²) in [7, 11) is 0. The van der Waals surface area contributed by atoms with Gasteiger partial charge in [0.1, 0.15) is 6.10 Å². The van der Waals surface area contributed by atoms with Crippen molar-refractivity contribution >= 4 is 5.97 Å². The van der Waals surface area contributed by atoms with Gasteiger partial charge in [-0.3, -0.25) is 4.79 Å².